The number of nitrogens with zero attached hydrogens (tertiary/aromatic N) is 1. The molecule has 2 aromatic carbocycles. The van der Waals surface area contributed by atoms with Gasteiger partial charge >= 0.3 is 5.97 Å². The van der Waals surface area contributed by atoms with Crippen LogP contribution in [0.2, 0.25) is 0 Å². The van der Waals surface area contributed by atoms with Gasteiger partial charge in [0.05, 0.1) is 30.7 Å². The van der Waals surface area contributed by atoms with Crippen molar-refractivity contribution >= 4 is 23.6 Å². The maximum absolute atomic E-state index is 11.7. The fraction of sp³-hybridized carbons (Fsp3) is 0.176. The van der Waals surface area contributed by atoms with E-state index in [1.807, 2.05) is 24.3 Å². The Kier molecular flexibility index (Phi) is 5.14. The van der Waals surface area contributed by atoms with Crippen molar-refractivity contribution in [1.82, 2.24) is 0 Å². The van der Waals surface area contributed by atoms with Gasteiger partial charge in [-0.3, -0.25) is 4.99 Å². The molecule has 0 radical (unpaired) electrons. The van der Waals surface area contributed by atoms with E-state index < -0.39 is 0 Å². The molecular formula is C17H18N2O3. The zero-order valence-corrected chi connectivity index (χ0v) is 12.6. The molecule has 0 saturated carbocycles. The number of benzene rings is 2. The lowest BCUT2D eigenvalue weighted by Crippen LogP contribution is -2.04. The Morgan fingerprint density at radius 2 is 1.95 bits per heavy atom. The second-order valence-electron chi connectivity index (χ2n) is 4.53. The molecule has 0 aromatic heterocycles. The van der Waals surface area contributed by atoms with Gasteiger partial charge in [-0.25, -0.2) is 4.79 Å². The molecule has 0 unspecified atom stereocenters. The Balaban J connectivity index is 2.21. The topological polar surface area (TPSA) is 73.9 Å². The summed E-state index contributed by atoms with van der Waals surface area (Å²) in [5.74, 6) is 0.393. The fourth-order valence-electron chi connectivity index (χ4n) is 1.83. The van der Waals surface area contributed by atoms with Crippen LogP contribution in [0.15, 0.2) is 47.5 Å². The van der Waals surface area contributed by atoms with E-state index in [2.05, 4.69) is 4.99 Å². The van der Waals surface area contributed by atoms with Crippen molar-refractivity contribution in [2.75, 3.05) is 19.5 Å². The van der Waals surface area contributed by atoms with E-state index in [1.54, 1.807) is 38.4 Å². The van der Waals surface area contributed by atoms with Crippen LogP contribution in [-0.4, -0.2) is 25.9 Å². The van der Waals surface area contributed by atoms with Crippen molar-refractivity contribution in [1.29, 1.82) is 0 Å². The Bertz CT molecular complexity index is 679. The summed E-state index contributed by atoms with van der Waals surface area (Å²) in [6, 6.07) is 12.3. The zero-order chi connectivity index (χ0) is 15.9. The molecule has 0 aliphatic carbocycles. The molecule has 114 valence electrons. The van der Waals surface area contributed by atoms with E-state index in [0.717, 1.165) is 11.3 Å². The molecule has 22 heavy (non-hydrogen) atoms. The number of ether oxygens (including phenoxy) is 2. The number of carbonyl (C=O) groups excluding carboxylic acids is 1. The highest BCUT2D eigenvalue weighted by atomic mass is 16.5. The van der Waals surface area contributed by atoms with E-state index in [9.17, 15) is 4.79 Å². The number of nitrogens with two attached hydrogens (primary N) is 1. The summed E-state index contributed by atoms with van der Waals surface area (Å²) >= 11 is 0. The van der Waals surface area contributed by atoms with Crippen LogP contribution < -0.4 is 10.5 Å². The summed E-state index contributed by atoms with van der Waals surface area (Å²) in [7, 11) is 1.62. The molecule has 2 aromatic rings. The van der Waals surface area contributed by atoms with E-state index in [0.29, 0.717) is 23.5 Å². The van der Waals surface area contributed by atoms with Crippen LogP contribution in [0.1, 0.15) is 22.8 Å². The minimum atomic E-state index is -0.386. The van der Waals surface area contributed by atoms with Gasteiger partial charge in [0.2, 0.25) is 0 Å². The SMILES string of the molecule is CCOC(=O)c1ccc(N)c(N=Cc2ccc(OC)cc2)c1. The summed E-state index contributed by atoms with van der Waals surface area (Å²) in [4.78, 5) is 16.1. The third-order valence-electron chi connectivity index (χ3n) is 3.01. The van der Waals surface area contributed by atoms with Gasteiger partial charge in [-0.2, -0.15) is 0 Å². The van der Waals surface area contributed by atoms with Crippen LogP contribution >= 0.6 is 0 Å². The monoisotopic (exact) mass is 298 g/mol. The molecule has 2 rings (SSSR count). The van der Waals surface area contributed by atoms with Gasteiger partial charge in [0.25, 0.3) is 0 Å². The number of hydrogen-bond donors (Lipinski definition) is 1. The number of methoxy groups -OCH3 is 1. The second-order valence-corrected chi connectivity index (χ2v) is 4.53. The molecule has 0 spiro atoms. The lowest BCUT2D eigenvalue weighted by Gasteiger charge is -2.05. The molecular weight excluding hydrogens is 280 g/mol. The maximum Gasteiger partial charge on any atom is 0.338 e. The second kappa shape index (κ2) is 7.26. The summed E-state index contributed by atoms with van der Waals surface area (Å²) in [5, 5.41) is 0. The molecule has 0 aliphatic heterocycles. The maximum atomic E-state index is 11.7. The smallest absolute Gasteiger partial charge is 0.338 e. The van der Waals surface area contributed by atoms with E-state index >= 15 is 0 Å². The lowest BCUT2D eigenvalue weighted by molar-refractivity contribution is 0.0526. The normalized spacial score (nSPS) is 10.6. The van der Waals surface area contributed by atoms with Gasteiger partial charge in [-0.05, 0) is 55.0 Å². The highest BCUT2D eigenvalue weighted by Crippen LogP contribution is 2.24. The molecule has 0 bridgehead atoms. The summed E-state index contributed by atoms with van der Waals surface area (Å²) in [6.07, 6.45) is 1.68. The molecule has 0 saturated heterocycles. The summed E-state index contributed by atoms with van der Waals surface area (Å²) in [5.41, 5.74) is 8.25. The highest BCUT2D eigenvalue weighted by Gasteiger charge is 2.08. The zero-order valence-electron chi connectivity index (χ0n) is 12.6. The quantitative estimate of drug-likeness (QED) is 0.522. The van der Waals surface area contributed by atoms with Crippen molar-refractivity contribution in [3.63, 3.8) is 0 Å². The number of nitrogen functional groups attached to an aromatic ring is 1. The van der Waals surface area contributed by atoms with E-state index in [-0.39, 0.29) is 5.97 Å². The Morgan fingerprint density at radius 1 is 1.23 bits per heavy atom. The molecule has 0 atom stereocenters. The van der Waals surface area contributed by atoms with Crippen LogP contribution in [-0.2, 0) is 4.74 Å². The molecule has 0 fully saturated rings. The fourth-order valence-corrected chi connectivity index (χ4v) is 1.83. The van der Waals surface area contributed by atoms with Crippen LogP contribution in [0, 0.1) is 0 Å². The summed E-state index contributed by atoms with van der Waals surface area (Å²) < 4.78 is 10.1. The first-order valence-electron chi connectivity index (χ1n) is 6.88. The van der Waals surface area contributed by atoms with Gasteiger partial charge in [0, 0.05) is 6.21 Å². The minimum Gasteiger partial charge on any atom is -0.497 e. The van der Waals surface area contributed by atoms with Crippen molar-refractivity contribution in [3.8, 4) is 5.75 Å². The molecule has 5 heteroatoms. The summed E-state index contributed by atoms with van der Waals surface area (Å²) in [6.45, 7) is 2.09. The van der Waals surface area contributed by atoms with Gasteiger partial charge in [0.15, 0.2) is 0 Å². The van der Waals surface area contributed by atoms with Gasteiger partial charge in [0.1, 0.15) is 5.75 Å². The van der Waals surface area contributed by atoms with Crippen molar-refractivity contribution in [2.45, 2.75) is 6.92 Å². The number of rotatable bonds is 5. The molecule has 2 N–H and O–H groups in total. The number of anilines is 1. The number of hydrogen-bond acceptors (Lipinski definition) is 5. The predicted octanol–water partition coefficient (Wildman–Crippen LogP) is 3.20. The van der Waals surface area contributed by atoms with Crippen LogP contribution in [0.5, 0.6) is 5.75 Å². The predicted molar refractivity (Wildman–Crippen MR) is 87.1 cm³/mol. The Hall–Kier alpha value is -2.82. The van der Waals surface area contributed by atoms with Gasteiger partial charge < -0.3 is 15.2 Å². The third kappa shape index (κ3) is 3.85. The third-order valence-corrected chi connectivity index (χ3v) is 3.01. The van der Waals surface area contributed by atoms with Crippen molar-refractivity contribution in [3.05, 3.63) is 53.6 Å². The average Bonchev–Trinajstić information content (AvgIpc) is 2.54. The molecule has 5 nitrogen and oxygen atoms in total. The number of carbonyl (C=O) groups is 1. The number of aliphatic imine (C=N–C) groups is 1. The van der Waals surface area contributed by atoms with Crippen molar-refractivity contribution in [2.24, 2.45) is 4.99 Å². The van der Waals surface area contributed by atoms with E-state index in [4.69, 9.17) is 15.2 Å². The highest BCUT2D eigenvalue weighted by molar-refractivity contribution is 5.92. The van der Waals surface area contributed by atoms with E-state index in [1.165, 1.54) is 0 Å². The largest absolute Gasteiger partial charge is 0.497 e. The van der Waals surface area contributed by atoms with Gasteiger partial charge in [-0.1, -0.05) is 0 Å². The number of esters is 1. The molecule has 0 aliphatic rings. The first-order valence-corrected chi connectivity index (χ1v) is 6.88. The Labute approximate surface area is 129 Å². The lowest BCUT2D eigenvalue weighted by atomic mass is 10.1. The minimum absolute atomic E-state index is 0.327. The standard InChI is InChI=1S/C17H18N2O3/c1-3-22-17(20)13-6-9-15(18)16(10-13)19-11-12-4-7-14(21-2)8-5-12/h4-11H,3,18H2,1-2H3. The Morgan fingerprint density at radius 3 is 2.59 bits per heavy atom. The molecule has 0 amide bonds. The molecule has 0 heterocycles. The van der Waals surface area contributed by atoms with Gasteiger partial charge in [-0.15, -0.1) is 0 Å². The first-order chi connectivity index (χ1) is 10.6. The van der Waals surface area contributed by atoms with Crippen LogP contribution in [0.4, 0.5) is 11.4 Å². The average molecular weight is 298 g/mol. The van der Waals surface area contributed by atoms with Crippen LogP contribution in [0.3, 0.4) is 0 Å². The first kappa shape index (κ1) is 15.6. The van der Waals surface area contributed by atoms with Crippen molar-refractivity contribution < 1.29 is 14.3 Å². The van der Waals surface area contributed by atoms with Crippen LogP contribution in [0.25, 0.3) is 0 Å².